The molecule has 142 valence electrons. The number of amides is 2. The monoisotopic (exact) mass is 361 g/mol. The first-order chi connectivity index (χ1) is 12.2. The molecule has 7 nitrogen and oxygen atoms in total. The predicted molar refractivity (Wildman–Crippen MR) is 97.9 cm³/mol. The smallest absolute Gasteiger partial charge is 0.323 e. The Bertz CT molecular complexity index is 656. The Balaban J connectivity index is 1.88. The summed E-state index contributed by atoms with van der Waals surface area (Å²) in [6.45, 7) is 5.65. The molecule has 0 heterocycles. The fraction of sp³-hybridized carbons (Fsp3) is 0.526. The van der Waals surface area contributed by atoms with Crippen LogP contribution in [-0.4, -0.2) is 23.4 Å². The zero-order valence-electron chi connectivity index (χ0n) is 15.5. The van der Waals surface area contributed by atoms with Crippen molar-refractivity contribution in [2.45, 2.75) is 58.0 Å². The number of anilines is 1. The molecular formula is C19H27N3O4. The first-order valence-electron chi connectivity index (χ1n) is 8.84. The van der Waals surface area contributed by atoms with E-state index in [2.05, 4.69) is 5.32 Å². The van der Waals surface area contributed by atoms with Crippen LogP contribution in [0.25, 0.3) is 0 Å². The summed E-state index contributed by atoms with van der Waals surface area (Å²) in [6, 6.07) is 7.40. The van der Waals surface area contributed by atoms with Gasteiger partial charge in [0.1, 0.15) is 5.60 Å². The minimum atomic E-state index is -0.894. The van der Waals surface area contributed by atoms with Crippen LogP contribution in [0.5, 0.6) is 0 Å². The molecular weight excluding hydrogens is 334 g/mol. The lowest BCUT2D eigenvalue weighted by molar-refractivity contribution is -0.161. The van der Waals surface area contributed by atoms with E-state index in [0.717, 1.165) is 31.2 Å². The van der Waals surface area contributed by atoms with Crippen LogP contribution in [0, 0.1) is 5.92 Å². The molecule has 4 N–H and O–H groups in total. The van der Waals surface area contributed by atoms with E-state index in [1.54, 1.807) is 17.6 Å². The predicted octanol–water partition coefficient (Wildman–Crippen LogP) is 2.23. The van der Waals surface area contributed by atoms with Crippen molar-refractivity contribution >= 4 is 23.5 Å². The van der Waals surface area contributed by atoms with Crippen LogP contribution in [0.1, 0.15) is 57.9 Å². The summed E-state index contributed by atoms with van der Waals surface area (Å²) in [7, 11) is 0. The van der Waals surface area contributed by atoms with Gasteiger partial charge in [-0.1, -0.05) is 12.1 Å². The highest BCUT2D eigenvalue weighted by Crippen LogP contribution is 2.37. The first-order valence-corrected chi connectivity index (χ1v) is 8.84. The lowest BCUT2D eigenvalue weighted by Crippen LogP contribution is -2.39. The molecule has 0 aliphatic heterocycles. The summed E-state index contributed by atoms with van der Waals surface area (Å²) in [6.07, 6.45) is 3.47. The Morgan fingerprint density at radius 3 is 2.08 bits per heavy atom. The Hall–Kier alpha value is -2.41. The molecule has 0 radical (unpaired) electrons. The maximum atomic E-state index is 12.2. The van der Waals surface area contributed by atoms with E-state index in [9.17, 15) is 14.4 Å². The number of benzene rings is 1. The maximum Gasteiger partial charge on any atom is 0.323 e. The summed E-state index contributed by atoms with van der Waals surface area (Å²) < 4.78 is 5.48. The molecule has 0 atom stereocenters. The second kappa shape index (κ2) is 8.31. The highest BCUT2D eigenvalue weighted by atomic mass is 16.6. The van der Waals surface area contributed by atoms with E-state index < -0.39 is 17.4 Å². The third kappa shape index (κ3) is 5.56. The second-order valence-corrected chi connectivity index (χ2v) is 7.63. The Kier molecular flexibility index (Phi) is 6.37. The Labute approximate surface area is 153 Å². The van der Waals surface area contributed by atoms with Crippen LogP contribution >= 0.6 is 0 Å². The van der Waals surface area contributed by atoms with Gasteiger partial charge in [0.2, 0.25) is 0 Å². The number of hydrazine groups is 1. The molecule has 1 aromatic rings. The molecule has 0 saturated heterocycles. The van der Waals surface area contributed by atoms with Gasteiger partial charge < -0.3 is 10.1 Å². The molecule has 2 amide bonds. The van der Waals surface area contributed by atoms with E-state index in [1.807, 2.05) is 32.9 Å². The Morgan fingerprint density at radius 1 is 1.00 bits per heavy atom. The van der Waals surface area contributed by atoms with Crippen molar-refractivity contribution in [1.29, 1.82) is 0 Å². The van der Waals surface area contributed by atoms with Gasteiger partial charge in [-0.25, -0.2) is 5.84 Å². The van der Waals surface area contributed by atoms with Crippen molar-refractivity contribution in [2.75, 3.05) is 5.32 Å². The Morgan fingerprint density at radius 2 is 1.58 bits per heavy atom. The molecule has 7 heteroatoms. The number of esters is 1. The van der Waals surface area contributed by atoms with Crippen molar-refractivity contribution in [3.63, 3.8) is 0 Å². The van der Waals surface area contributed by atoms with Crippen LogP contribution in [0.4, 0.5) is 5.69 Å². The van der Waals surface area contributed by atoms with E-state index in [4.69, 9.17) is 10.6 Å². The van der Waals surface area contributed by atoms with Crippen molar-refractivity contribution in [1.82, 2.24) is 5.43 Å². The third-order valence-corrected chi connectivity index (χ3v) is 4.44. The molecule has 1 saturated carbocycles. The molecule has 1 aliphatic carbocycles. The van der Waals surface area contributed by atoms with Gasteiger partial charge in [0.25, 0.3) is 0 Å². The number of hydrogen-bond acceptors (Lipinski definition) is 5. The SMILES string of the molecule is CC(C)(C)OC(=O)C1CCC(c2ccc(NC(=O)C(=O)NN)cc2)CC1. The number of hydrogen-bond donors (Lipinski definition) is 3. The number of carbonyl (C=O) groups excluding carboxylic acids is 3. The minimum absolute atomic E-state index is 0.0289. The number of nitrogens with one attached hydrogen (secondary N) is 2. The third-order valence-electron chi connectivity index (χ3n) is 4.44. The van der Waals surface area contributed by atoms with Crippen molar-refractivity contribution < 1.29 is 19.1 Å². The van der Waals surface area contributed by atoms with Gasteiger partial charge in [-0.15, -0.1) is 0 Å². The van der Waals surface area contributed by atoms with Gasteiger partial charge >= 0.3 is 17.8 Å². The zero-order chi connectivity index (χ0) is 19.3. The molecule has 0 unspecified atom stereocenters. The maximum absolute atomic E-state index is 12.2. The standard InChI is InChI=1S/C19H27N3O4/c1-19(2,3)26-18(25)14-6-4-12(5-7-14)13-8-10-15(11-9-13)21-16(23)17(24)22-20/h8-12,14H,4-7,20H2,1-3H3,(H,21,23)(H,22,24). The molecule has 0 aromatic heterocycles. The number of nitrogens with two attached hydrogens (primary N) is 1. The van der Waals surface area contributed by atoms with Gasteiger partial charge in [0.15, 0.2) is 0 Å². The summed E-state index contributed by atoms with van der Waals surface area (Å²) in [5.41, 5.74) is 3.03. The molecule has 1 fully saturated rings. The minimum Gasteiger partial charge on any atom is -0.460 e. The van der Waals surface area contributed by atoms with E-state index in [-0.39, 0.29) is 11.9 Å². The molecule has 26 heavy (non-hydrogen) atoms. The van der Waals surface area contributed by atoms with Crippen LogP contribution < -0.4 is 16.6 Å². The van der Waals surface area contributed by atoms with Gasteiger partial charge in [-0.3, -0.25) is 19.8 Å². The largest absolute Gasteiger partial charge is 0.460 e. The van der Waals surface area contributed by atoms with Crippen molar-refractivity contribution in [3.8, 4) is 0 Å². The summed E-state index contributed by atoms with van der Waals surface area (Å²) in [5.74, 6) is 3.47. The fourth-order valence-electron chi connectivity index (χ4n) is 3.14. The number of ether oxygens (including phenoxy) is 1. The topological polar surface area (TPSA) is 111 Å². The van der Waals surface area contributed by atoms with Crippen molar-refractivity contribution in [3.05, 3.63) is 29.8 Å². The van der Waals surface area contributed by atoms with Crippen LogP contribution in [0.3, 0.4) is 0 Å². The molecule has 1 aromatic carbocycles. The number of rotatable bonds is 3. The quantitative estimate of drug-likeness (QED) is 0.251. The lowest BCUT2D eigenvalue weighted by atomic mass is 9.78. The van der Waals surface area contributed by atoms with Gasteiger partial charge in [-0.05, 0) is 70.1 Å². The molecule has 0 spiro atoms. The first kappa shape index (κ1) is 19.9. The summed E-state index contributed by atoms with van der Waals surface area (Å²) in [5, 5.41) is 2.47. The van der Waals surface area contributed by atoms with Crippen LogP contribution in [0.2, 0.25) is 0 Å². The average Bonchev–Trinajstić information content (AvgIpc) is 2.60. The summed E-state index contributed by atoms with van der Waals surface area (Å²) >= 11 is 0. The lowest BCUT2D eigenvalue weighted by Gasteiger charge is -2.30. The average molecular weight is 361 g/mol. The van der Waals surface area contributed by atoms with E-state index in [0.29, 0.717) is 11.6 Å². The highest BCUT2D eigenvalue weighted by Gasteiger charge is 2.30. The zero-order valence-corrected chi connectivity index (χ0v) is 15.5. The molecule has 2 rings (SSSR count). The fourth-order valence-corrected chi connectivity index (χ4v) is 3.14. The van der Waals surface area contributed by atoms with Crippen LogP contribution in [0.15, 0.2) is 24.3 Å². The van der Waals surface area contributed by atoms with Gasteiger partial charge in [-0.2, -0.15) is 0 Å². The van der Waals surface area contributed by atoms with Crippen molar-refractivity contribution in [2.24, 2.45) is 11.8 Å². The highest BCUT2D eigenvalue weighted by molar-refractivity contribution is 6.39. The van der Waals surface area contributed by atoms with E-state index >= 15 is 0 Å². The van der Waals surface area contributed by atoms with Crippen LogP contribution in [-0.2, 0) is 19.1 Å². The van der Waals surface area contributed by atoms with E-state index in [1.165, 1.54) is 0 Å². The molecule has 1 aliphatic rings. The van der Waals surface area contributed by atoms with Gasteiger partial charge in [0.05, 0.1) is 5.92 Å². The number of carbonyl (C=O) groups is 3. The second-order valence-electron chi connectivity index (χ2n) is 7.63. The van der Waals surface area contributed by atoms with Gasteiger partial charge in [0, 0.05) is 5.69 Å². The normalized spacial score (nSPS) is 20.2. The summed E-state index contributed by atoms with van der Waals surface area (Å²) in [4.78, 5) is 34.8. The molecule has 0 bridgehead atoms.